The van der Waals surface area contributed by atoms with Crippen molar-refractivity contribution < 1.29 is 22.7 Å². The molecule has 1 saturated heterocycles. The van der Waals surface area contributed by atoms with Crippen molar-refractivity contribution in [3.05, 3.63) is 106 Å². The van der Waals surface area contributed by atoms with Crippen molar-refractivity contribution in [2.75, 3.05) is 41.2 Å². The number of nitrogens with one attached hydrogen (secondary N) is 3. The standard InChI is InChI=1S/C30H29ClN4O5S2/c31-23-9-4-5-10-24(23)34-42(38,39)28-20-22(12-13-26(28)35-14-16-40-17-15-35)32-29(36)25(19-21-7-2-1-3-8-21)33-30(37)27-11-6-18-41-27/h1-13,18,20,25,34H,14-17,19H2,(H,32,36)(H,33,37). The first-order chi connectivity index (χ1) is 20.3. The van der Waals surface area contributed by atoms with E-state index in [1.807, 2.05) is 35.2 Å². The summed E-state index contributed by atoms with van der Waals surface area (Å²) >= 11 is 7.52. The first-order valence-corrected chi connectivity index (χ1v) is 16.0. The highest BCUT2D eigenvalue weighted by molar-refractivity contribution is 7.93. The van der Waals surface area contributed by atoms with Crippen molar-refractivity contribution >= 4 is 61.8 Å². The first-order valence-electron chi connectivity index (χ1n) is 13.2. The summed E-state index contributed by atoms with van der Waals surface area (Å²) in [5.41, 5.74) is 1.84. The predicted molar refractivity (Wildman–Crippen MR) is 166 cm³/mol. The van der Waals surface area contributed by atoms with E-state index in [0.29, 0.717) is 36.9 Å². The third kappa shape index (κ3) is 7.29. The van der Waals surface area contributed by atoms with Gasteiger partial charge in [-0.05, 0) is 47.3 Å². The number of hydrogen-bond donors (Lipinski definition) is 3. The van der Waals surface area contributed by atoms with E-state index in [1.165, 1.54) is 17.4 Å². The SMILES string of the molecule is O=C(NC(Cc1ccccc1)C(=O)Nc1ccc(N2CCOCC2)c(S(=O)(=O)Nc2ccccc2Cl)c1)c1cccs1. The molecule has 4 aromatic rings. The van der Waals surface area contributed by atoms with Gasteiger partial charge in [0.15, 0.2) is 0 Å². The molecule has 1 atom stereocenters. The maximum absolute atomic E-state index is 13.7. The molecule has 1 aromatic heterocycles. The summed E-state index contributed by atoms with van der Waals surface area (Å²) < 4.78 is 35.4. The van der Waals surface area contributed by atoms with Crippen LogP contribution in [0.1, 0.15) is 15.2 Å². The minimum Gasteiger partial charge on any atom is -0.378 e. The first kappa shape index (κ1) is 29.6. The van der Waals surface area contributed by atoms with Crippen LogP contribution in [0.2, 0.25) is 5.02 Å². The second kappa shape index (κ2) is 13.4. The highest BCUT2D eigenvalue weighted by Gasteiger charge is 2.27. The lowest BCUT2D eigenvalue weighted by Crippen LogP contribution is -2.45. The summed E-state index contributed by atoms with van der Waals surface area (Å²) in [5.74, 6) is -0.846. The number of carbonyl (C=O) groups is 2. The summed E-state index contributed by atoms with van der Waals surface area (Å²) in [6, 6.07) is 23.2. The molecule has 5 rings (SSSR count). The molecule has 2 heterocycles. The van der Waals surface area contributed by atoms with Crippen LogP contribution in [0.25, 0.3) is 0 Å². The number of ether oxygens (including phenoxy) is 1. The number of rotatable bonds is 10. The molecule has 0 bridgehead atoms. The van der Waals surface area contributed by atoms with E-state index in [0.717, 1.165) is 5.56 Å². The molecule has 12 heteroatoms. The van der Waals surface area contributed by atoms with Gasteiger partial charge in [0, 0.05) is 25.2 Å². The van der Waals surface area contributed by atoms with Crippen molar-refractivity contribution in [1.29, 1.82) is 0 Å². The molecule has 9 nitrogen and oxygen atoms in total. The Bertz CT molecular complexity index is 1640. The van der Waals surface area contributed by atoms with Crippen molar-refractivity contribution in [3.8, 4) is 0 Å². The smallest absolute Gasteiger partial charge is 0.264 e. The molecule has 0 aliphatic carbocycles. The average molecular weight is 625 g/mol. The Labute approximate surface area is 253 Å². The molecule has 0 radical (unpaired) electrons. The van der Waals surface area contributed by atoms with Crippen LogP contribution in [-0.4, -0.2) is 52.6 Å². The highest BCUT2D eigenvalue weighted by atomic mass is 35.5. The highest BCUT2D eigenvalue weighted by Crippen LogP contribution is 2.32. The van der Waals surface area contributed by atoms with Crippen molar-refractivity contribution in [3.63, 3.8) is 0 Å². The number of thiophene rings is 1. The van der Waals surface area contributed by atoms with E-state index in [-0.39, 0.29) is 33.6 Å². The molecule has 1 unspecified atom stereocenters. The van der Waals surface area contributed by atoms with Crippen LogP contribution in [-0.2, 0) is 26.0 Å². The maximum Gasteiger partial charge on any atom is 0.264 e. The normalized spacial score (nSPS) is 14.2. The Morgan fingerprint density at radius 2 is 1.69 bits per heavy atom. The van der Waals surface area contributed by atoms with E-state index in [9.17, 15) is 18.0 Å². The Hall–Kier alpha value is -3.90. The average Bonchev–Trinajstić information content (AvgIpc) is 3.54. The van der Waals surface area contributed by atoms with Gasteiger partial charge in [0.25, 0.3) is 15.9 Å². The fourth-order valence-electron chi connectivity index (χ4n) is 4.54. The number of anilines is 3. The van der Waals surface area contributed by atoms with Gasteiger partial charge in [0.05, 0.1) is 34.5 Å². The summed E-state index contributed by atoms with van der Waals surface area (Å²) in [4.78, 5) is 28.8. The van der Waals surface area contributed by atoms with Gasteiger partial charge in [-0.3, -0.25) is 14.3 Å². The number of para-hydroxylation sites is 1. The van der Waals surface area contributed by atoms with E-state index >= 15 is 0 Å². The lowest BCUT2D eigenvalue weighted by molar-refractivity contribution is -0.118. The largest absolute Gasteiger partial charge is 0.378 e. The van der Waals surface area contributed by atoms with Gasteiger partial charge in [0.2, 0.25) is 5.91 Å². The van der Waals surface area contributed by atoms with Crippen LogP contribution >= 0.6 is 22.9 Å². The van der Waals surface area contributed by atoms with Gasteiger partial charge in [-0.25, -0.2) is 8.42 Å². The molecular weight excluding hydrogens is 596 g/mol. The lowest BCUT2D eigenvalue weighted by atomic mass is 10.0. The minimum atomic E-state index is -4.13. The molecule has 42 heavy (non-hydrogen) atoms. The summed E-state index contributed by atoms with van der Waals surface area (Å²) in [5, 5.41) is 7.69. The van der Waals surface area contributed by atoms with E-state index in [4.69, 9.17) is 16.3 Å². The van der Waals surface area contributed by atoms with E-state index in [1.54, 1.807) is 53.9 Å². The maximum atomic E-state index is 13.7. The zero-order chi connectivity index (χ0) is 29.5. The number of hydrogen-bond acceptors (Lipinski definition) is 7. The molecule has 218 valence electrons. The fraction of sp³-hybridized carbons (Fsp3) is 0.200. The van der Waals surface area contributed by atoms with Gasteiger partial charge in [-0.2, -0.15) is 0 Å². The zero-order valence-electron chi connectivity index (χ0n) is 22.5. The summed E-state index contributed by atoms with van der Waals surface area (Å²) in [7, 11) is -4.13. The van der Waals surface area contributed by atoms with Gasteiger partial charge in [-0.1, -0.05) is 60.1 Å². The number of amides is 2. The van der Waals surface area contributed by atoms with E-state index in [2.05, 4.69) is 15.4 Å². The van der Waals surface area contributed by atoms with Gasteiger partial charge in [-0.15, -0.1) is 11.3 Å². The number of sulfonamides is 1. The lowest BCUT2D eigenvalue weighted by Gasteiger charge is -2.30. The van der Waals surface area contributed by atoms with Crippen LogP contribution in [0.3, 0.4) is 0 Å². The molecule has 0 spiro atoms. The van der Waals surface area contributed by atoms with Crippen LogP contribution in [0, 0.1) is 0 Å². The molecule has 1 fully saturated rings. The number of benzene rings is 3. The Balaban J connectivity index is 1.44. The fourth-order valence-corrected chi connectivity index (χ4v) is 6.74. The van der Waals surface area contributed by atoms with Crippen LogP contribution in [0.15, 0.2) is 95.2 Å². The molecule has 1 aliphatic rings. The molecule has 3 N–H and O–H groups in total. The minimum absolute atomic E-state index is 0.0237. The van der Waals surface area contributed by atoms with Crippen molar-refractivity contribution in [2.45, 2.75) is 17.4 Å². The number of carbonyl (C=O) groups excluding carboxylic acids is 2. The second-order valence-electron chi connectivity index (χ2n) is 9.55. The number of nitrogens with zero attached hydrogens (tertiary/aromatic N) is 1. The molecule has 1 aliphatic heterocycles. The zero-order valence-corrected chi connectivity index (χ0v) is 24.8. The second-order valence-corrected chi connectivity index (χ2v) is 12.6. The third-order valence-corrected chi connectivity index (χ3v) is 9.23. The quantitative estimate of drug-likeness (QED) is 0.228. The van der Waals surface area contributed by atoms with Crippen molar-refractivity contribution in [2.24, 2.45) is 0 Å². The molecular formula is C30H29ClN4O5S2. The van der Waals surface area contributed by atoms with Gasteiger partial charge in [0.1, 0.15) is 10.9 Å². The van der Waals surface area contributed by atoms with Gasteiger partial charge >= 0.3 is 0 Å². The molecule has 0 saturated carbocycles. The number of morpholine rings is 1. The van der Waals surface area contributed by atoms with Crippen LogP contribution < -0.4 is 20.3 Å². The molecule has 2 amide bonds. The predicted octanol–water partition coefficient (Wildman–Crippen LogP) is 5.02. The molecule has 3 aromatic carbocycles. The Morgan fingerprint density at radius 3 is 2.40 bits per heavy atom. The van der Waals surface area contributed by atoms with E-state index < -0.39 is 22.0 Å². The monoisotopic (exact) mass is 624 g/mol. The van der Waals surface area contributed by atoms with Gasteiger partial charge < -0.3 is 20.3 Å². The summed E-state index contributed by atoms with van der Waals surface area (Å²) in [6.45, 7) is 1.94. The Kier molecular flexibility index (Phi) is 9.43. The summed E-state index contributed by atoms with van der Waals surface area (Å²) in [6.07, 6.45) is 0.245. The van der Waals surface area contributed by atoms with Crippen LogP contribution in [0.5, 0.6) is 0 Å². The topological polar surface area (TPSA) is 117 Å². The number of halogens is 1. The van der Waals surface area contributed by atoms with Crippen LogP contribution in [0.4, 0.5) is 17.1 Å². The van der Waals surface area contributed by atoms with Crippen molar-refractivity contribution in [1.82, 2.24) is 5.32 Å². The Morgan fingerprint density at radius 1 is 0.952 bits per heavy atom. The third-order valence-electron chi connectivity index (χ3n) is 6.64.